The molecule has 0 aliphatic carbocycles. The van der Waals surface area contributed by atoms with Crippen LogP contribution in [0.3, 0.4) is 0 Å². The van der Waals surface area contributed by atoms with Crippen LogP contribution in [-0.4, -0.2) is 43.3 Å². The zero-order chi connectivity index (χ0) is 15.4. The minimum Gasteiger partial charge on any atom is -0.506 e. The number of halogens is 3. The highest BCUT2D eigenvalue weighted by Gasteiger charge is 2.29. The molecule has 1 fully saturated rings. The first kappa shape index (κ1) is 22.6. The molecule has 7 heteroatoms. The van der Waals surface area contributed by atoms with Crippen molar-refractivity contribution in [2.24, 2.45) is 5.92 Å². The molecule has 0 aromatic heterocycles. The Morgan fingerprint density at radius 3 is 2.39 bits per heavy atom. The van der Waals surface area contributed by atoms with Crippen molar-refractivity contribution in [1.82, 2.24) is 10.2 Å². The van der Waals surface area contributed by atoms with Gasteiger partial charge in [0.1, 0.15) is 11.5 Å². The maximum Gasteiger partial charge on any atom is 0.142 e. The Bertz CT molecular complexity index is 481. The minimum absolute atomic E-state index is 0. The van der Waals surface area contributed by atoms with Crippen LogP contribution in [0, 0.1) is 5.92 Å². The second-order valence-corrected chi connectivity index (χ2v) is 6.35. The third-order valence-corrected chi connectivity index (χ3v) is 4.27. The smallest absolute Gasteiger partial charge is 0.142 e. The molecule has 1 saturated heterocycles. The lowest BCUT2D eigenvalue weighted by Crippen LogP contribution is -2.45. The van der Waals surface area contributed by atoms with E-state index in [9.17, 15) is 5.11 Å². The summed E-state index contributed by atoms with van der Waals surface area (Å²) in [5, 5.41) is 14.2. The Hall–Kier alpha value is -0.390. The maximum atomic E-state index is 10.5. The van der Waals surface area contributed by atoms with Gasteiger partial charge in [-0.1, -0.05) is 25.4 Å². The summed E-state index contributed by atoms with van der Waals surface area (Å²) in [6.45, 7) is 8.27. The Kier molecular flexibility index (Phi) is 10.3. The van der Waals surface area contributed by atoms with E-state index in [0.29, 0.717) is 16.7 Å². The van der Waals surface area contributed by atoms with Crippen LogP contribution in [-0.2, 0) is 0 Å². The van der Waals surface area contributed by atoms with Gasteiger partial charge < -0.3 is 15.2 Å². The molecule has 1 aliphatic heterocycles. The highest BCUT2D eigenvalue weighted by Crippen LogP contribution is 2.43. The average Bonchev–Trinajstić information content (AvgIpc) is 2.48. The number of nitrogens with zero attached hydrogens (tertiary/aromatic N) is 1. The fourth-order valence-corrected chi connectivity index (χ4v) is 3.12. The van der Waals surface area contributed by atoms with E-state index in [0.717, 1.165) is 38.2 Å². The Labute approximate surface area is 156 Å². The van der Waals surface area contributed by atoms with E-state index in [2.05, 4.69) is 24.1 Å². The Morgan fingerprint density at radius 2 is 1.87 bits per heavy atom. The number of phenols is 1. The fraction of sp³-hybridized carbons (Fsp3) is 0.625. The van der Waals surface area contributed by atoms with Crippen molar-refractivity contribution in [1.29, 1.82) is 0 Å². The molecule has 1 atom stereocenters. The molecular formula is C16H27Cl3N2O2. The SMILES string of the molecule is COc1ccc(Cl)c(O)c1[C@@H](CC(C)C)N1CCNCC1.Cl.Cl. The van der Waals surface area contributed by atoms with Gasteiger partial charge in [-0.15, -0.1) is 24.8 Å². The molecule has 1 aromatic carbocycles. The zero-order valence-electron chi connectivity index (χ0n) is 13.8. The highest BCUT2D eigenvalue weighted by molar-refractivity contribution is 6.32. The third kappa shape index (κ3) is 5.57. The fourth-order valence-electron chi connectivity index (χ4n) is 2.95. The highest BCUT2D eigenvalue weighted by atomic mass is 35.5. The number of hydrogen-bond donors (Lipinski definition) is 2. The number of hydrogen-bond acceptors (Lipinski definition) is 4. The van der Waals surface area contributed by atoms with E-state index >= 15 is 0 Å². The van der Waals surface area contributed by atoms with Crippen molar-refractivity contribution in [3.8, 4) is 11.5 Å². The minimum atomic E-state index is 0. The summed E-state index contributed by atoms with van der Waals surface area (Å²) >= 11 is 6.13. The summed E-state index contributed by atoms with van der Waals surface area (Å²) in [6, 6.07) is 3.65. The first-order valence-corrected chi connectivity index (χ1v) is 7.92. The van der Waals surface area contributed by atoms with E-state index in [1.165, 1.54) is 0 Å². The van der Waals surface area contributed by atoms with E-state index in [1.54, 1.807) is 13.2 Å². The monoisotopic (exact) mass is 384 g/mol. The van der Waals surface area contributed by atoms with Gasteiger partial charge in [-0.3, -0.25) is 4.90 Å². The lowest BCUT2D eigenvalue weighted by molar-refractivity contribution is 0.149. The van der Waals surface area contributed by atoms with Crippen LogP contribution in [0.1, 0.15) is 31.9 Å². The Balaban J connectivity index is 0.00000242. The summed E-state index contributed by atoms with van der Waals surface area (Å²) in [5.74, 6) is 1.38. The second kappa shape index (κ2) is 10.5. The molecule has 0 bridgehead atoms. The normalized spacial score (nSPS) is 16.4. The predicted molar refractivity (Wildman–Crippen MR) is 101 cm³/mol. The number of ether oxygens (including phenoxy) is 1. The molecule has 0 radical (unpaired) electrons. The lowest BCUT2D eigenvalue weighted by Gasteiger charge is -2.37. The summed E-state index contributed by atoms with van der Waals surface area (Å²) in [4.78, 5) is 2.41. The molecule has 4 nitrogen and oxygen atoms in total. The lowest BCUT2D eigenvalue weighted by atomic mass is 9.93. The molecule has 0 saturated carbocycles. The Morgan fingerprint density at radius 1 is 1.26 bits per heavy atom. The van der Waals surface area contributed by atoms with E-state index in [4.69, 9.17) is 16.3 Å². The van der Waals surface area contributed by atoms with Crippen molar-refractivity contribution in [2.45, 2.75) is 26.3 Å². The van der Waals surface area contributed by atoms with Gasteiger partial charge in [-0.05, 0) is 24.5 Å². The molecule has 134 valence electrons. The van der Waals surface area contributed by atoms with Gasteiger partial charge in [0.15, 0.2) is 0 Å². The van der Waals surface area contributed by atoms with E-state index < -0.39 is 0 Å². The quantitative estimate of drug-likeness (QED) is 0.807. The second-order valence-electron chi connectivity index (χ2n) is 5.94. The average molecular weight is 386 g/mol. The number of methoxy groups -OCH3 is 1. The molecular weight excluding hydrogens is 359 g/mol. The number of piperazine rings is 1. The van der Waals surface area contributed by atoms with Crippen molar-refractivity contribution in [2.75, 3.05) is 33.3 Å². The zero-order valence-corrected chi connectivity index (χ0v) is 16.2. The summed E-state index contributed by atoms with van der Waals surface area (Å²) in [6.07, 6.45) is 0.963. The number of phenolic OH excluding ortho intramolecular Hbond substituents is 1. The molecule has 23 heavy (non-hydrogen) atoms. The van der Waals surface area contributed by atoms with Crippen LogP contribution in [0.5, 0.6) is 11.5 Å². The summed E-state index contributed by atoms with van der Waals surface area (Å²) in [5.41, 5.74) is 0.820. The molecule has 0 amide bonds. The van der Waals surface area contributed by atoms with Crippen molar-refractivity contribution in [3.63, 3.8) is 0 Å². The largest absolute Gasteiger partial charge is 0.506 e. The van der Waals surface area contributed by atoms with Gasteiger partial charge >= 0.3 is 0 Å². The molecule has 2 rings (SSSR count). The van der Waals surface area contributed by atoms with Gasteiger partial charge in [-0.25, -0.2) is 0 Å². The first-order valence-electron chi connectivity index (χ1n) is 7.54. The topological polar surface area (TPSA) is 44.7 Å². The molecule has 1 heterocycles. The van der Waals surface area contributed by atoms with Crippen LogP contribution in [0.2, 0.25) is 5.02 Å². The van der Waals surface area contributed by atoms with Gasteiger partial charge in [0, 0.05) is 32.2 Å². The molecule has 0 unspecified atom stereocenters. The standard InChI is InChI=1S/C16H25ClN2O2.2ClH/c1-11(2)10-13(19-8-6-18-7-9-19)15-14(21-3)5-4-12(17)16(15)20;;/h4-5,11,13,18,20H,6-10H2,1-3H3;2*1H/t13-;;/m1../s1. The van der Waals surface area contributed by atoms with Crippen LogP contribution < -0.4 is 10.1 Å². The summed E-state index contributed by atoms with van der Waals surface area (Å²) < 4.78 is 5.47. The molecule has 0 spiro atoms. The maximum absolute atomic E-state index is 10.5. The summed E-state index contributed by atoms with van der Waals surface area (Å²) in [7, 11) is 1.64. The molecule has 2 N–H and O–H groups in total. The number of nitrogens with one attached hydrogen (secondary N) is 1. The third-order valence-electron chi connectivity index (χ3n) is 3.97. The number of aromatic hydroxyl groups is 1. The van der Waals surface area contributed by atoms with Crippen LogP contribution in [0.25, 0.3) is 0 Å². The first-order chi connectivity index (χ1) is 10.0. The van der Waals surface area contributed by atoms with Gasteiger partial charge in [0.2, 0.25) is 0 Å². The predicted octanol–water partition coefficient (Wildman–Crippen LogP) is 3.89. The number of rotatable bonds is 5. The van der Waals surface area contributed by atoms with Crippen molar-refractivity contribution >= 4 is 36.4 Å². The molecule has 1 aliphatic rings. The van der Waals surface area contributed by atoms with Crippen molar-refractivity contribution in [3.05, 3.63) is 22.7 Å². The van der Waals surface area contributed by atoms with Gasteiger partial charge in [-0.2, -0.15) is 0 Å². The van der Waals surface area contributed by atoms with Crippen LogP contribution >= 0.6 is 36.4 Å². The van der Waals surface area contributed by atoms with Gasteiger partial charge in [0.05, 0.1) is 17.7 Å². The van der Waals surface area contributed by atoms with E-state index in [1.807, 2.05) is 6.07 Å². The van der Waals surface area contributed by atoms with Gasteiger partial charge in [0.25, 0.3) is 0 Å². The van der Waals surface area contributed by atoms with Crippen LogP contribution in [0.4, 0.5) is 0 Å². The van der Waals surface area contributed by atoms with Crippen molar-refractivity contribution < 1.29 is 9.84 Å². The van der Waals surface area contributed by atoms with Crippen LogP contribution in [0.15, 0.2) is 12.1 Å². The van der Waals surface area contributed by atoms with E-state index in [-0.39, 0.29) is 36.6 Å². The number of benzene rings is 1. The molecule has 1 aromatic rings.